The number of methoxy groups -OCH3 is 2. The monoisotopic (exact) mass is 520 g/mol. The summed E-state index contributed by atoms with van der Waals surface area (Å²) in [5, 5.41) is 0. The number of hydrogen-bond donors (Lipinski definition) is 0. The molecule has 150 valence electrons. The third-order valence-corrected chi connectivity index (χ3v) is 5.58. The number of carbonyl (C=O) groups excluding carboxylic acids is 2. The number of hydrogen-bond acceptors (Lipinski definition) is 5. The van der Waals surface area contributed by atoms with Crippen LogP contribution in [0.5, 0.6) is 0 Å². The Kier molecular flexibility index (Phi) is 6.72. The van der Waals surface area contributed by atoms with Crippen LogP contribution in [0.1, 0.15) is 11.1 Å². The Morgan fingerprint density at radius 3 is 2.10 bits per heavy atom. The van der Waals surface area contributed by atoms with Gasteiger partial charge in [-0.1, -0.05) is 68.3 Å². The fourth-order valence-electron chi connectivity index (χ4n) is 2.98. The fraction of sp³-hybridized carbons (Fsp3) is 0.182. The molecule has 1 aliphatic rings. The van der Waals surface area contributed by atoms with E-state index in [0.29, 0.717) is 16.7 Å². The third-order valence-electron chi connectivity index (χ3n) is 4.53. The van der Waals surface area contributed by atoms with Gasteiger partial charge in [0.1, 0.15) is 6.10 Å². The molecular weight excluding hydrogens is 504 g/mol. The fourth-order valence-corrected chi connectivity index (χ4v) is 3.51. The zero-order chi connectivity index (χ0) is 21.0. The highest BCUT2D eigenvalue weighted by Gasteiger charge is 2.63. The van der Waals surface area contributed by atoms with Crippen molar-refractivity contribution in [3.8, 4) is 0 Å². The van der Waals surface area contributed by atoms with Gasteiger partial charge in [-0.15, -0.1) is 0 Å². The smallest absolute Gasteiger partial charge is 0.346 e. The highest BCUT2D eigenvalue weighted by Crippen LogP contribution is 2.48. The van der Waals surface area contributed by atoms with E-state index in [1.807, 2.05) is 48.5 Å². The van der Waals surface area contributed by atoms with Crippen LogP contribution in [-0.2, 0) is 29.4 Å². The maximum Gasteiger partial charge on any atom is 0.346 e. The first-order valence-corrected chi connectivity index (χ1v) is 10.3. The number of rotatable bonds is 6. The minimum Gasteiger partial charge on any atom is -0.467 e. The van der Waals surface area contributed by atoms with Crippen LogP contribution in [0.3, 0.4) is 0 Å². The Balaban J connectivity index is 1.87. The summed E-state index contributed by atoms with van der Waals surface area (Å²) < 4.78 is 17.4. The van der Waals surface area contributed by atoms with Crippen LogP contribution < -0.4 is 0 Å². The van der Waals surface area contributed by atoms with Crippen LogP contribution in [0.2, 0.25) is 0 Å². The summed E-state index contributed by atoms with van der Waals surface area (Å²) in [6.07, 6.45) is 4.54. The van der Waals surface area contributed by atoms with Crippen molar-refractivity contribution in [1.29, 1.82) is 0 Å². The topological polar surface area (TPSA) is 65.1 Å². The predicted molar refractivity (Wildman–Crippen MR) is 116 cm³/mol. The number of benzene rings is 2. The van der Waals surface area contributed by atoms with Crippen molar-refractivity contribution in [2.24, 2.45) is 0 Å². The van der Waals surface area contributed by atoms with E-state index in [0.717, 1.165) is 8.95 Å². The molecule has 1 fully saturated rings. The maximum atomic E-state index is 12.4. The van der Waals surface area contributed by atoms with Crippen molar-refractivity contribution < 1.29 is 23.8 Å². The van der Waals surface area contributed by atoms with Crippen LogP contribution in [0.25, 0.3) is 5.57 Å². The first-order chi connectivity index (χ1) is 13.9. The van der Waals surface area contributed by atoms with Crippen molar-refractivity contribution >= 4 is 49.4 Å². The van der Waals surface area contributed by atoms with E-state index < -0.39 is 23.6 Å². The molecule has 1 heterocycles. The third kappa shape index (κ3) is 4.52. The van der Waals surface area contributed by atoms with E-state index in [4.69, 9.17) is 14.2 Å². The summed E-state index contributed by atoms with van der Waals surface area (Å²) in [6, 6.07) is 14.6. The molecule has 1 saturated heterocycles. The van der Waals surface area contributed by atoms with Gasteiger partial charge in [0.2, 0.25) is 5.60 Å². The van der Waals surface area contributed by atoms with E-state index in [1.54, 1.807) is 18.2 Å². The number of ether oxygens (including phenoxy) is 3. The molecule has 0 aromatic heterocycles. The summed E-state index contributed by atoms with van der Waals surface area (Å²) in [5.74, 6) is -0.930. The van der Waals surface area contributed by atoms with Gasteiger partial charge in [0.25, 0.3) is 0 Å². The van der Waals surface area contributed by atoms with Crippen molar-refractivity contribution in [1.82, 2.24) is 0 Å². The van der Waals surface area contributed by atoms with Gasteiger partial charge in [-0.3, -0.25) is 0 Å². The minimum absolute atomic E-state index is 0.393. The Morgan fingerprint density at radius 1 is 0.966 bits per heavy atom. The van der Waals surface area contributed by atoms with Gasteiger partial charge in [-0.2, -0.15) is 0 Å². The molecule has 7 heteroatoms. The molecule has 0 N–H and O–H groups in total. The largest absolute Gasteiger partial charge is 0.467 e. The Morgan fingerprint density at radius 2 is 1.55 bits per heavy atom. The Hall–Kier alpha value is -2.22. The zero-order valence-electron chi connectivity index (χ0n) is 15.7. The second-order valence-corrected chi connectivity index (χ2v) is 8.07. The standard InChI is InChI=1S/C22H18Br2O5/c1-27-20(25)18(14-6-10-16(23)11-7-14)4-3-5-19-22(29-19,21(26)28-2)15-8-12-17(24)13-9-15/h3-13,19H,1-2H3/b5-3-,18-4+/t19-,22+/m0/s1. The van der Waals surface area contributed by atoms with Gasteiger partial charge in [-0.25, -0.2) is 9.59 Å². The van der Waals surface area contributed by atoms with Crippen LogP contribution in [0.4, 0.5) is 0 Å². The molecule has 0 unspecified atom stereocenters. The highest BCUT2D eigenvalue weighted by molar-refractivity contribution is 9.10. The number of carbonyl (C=O) groups is 2. The van der Waals surface area contributed by atoms with E-state index in [2.05, 4.69) is 31.9 Å². The summed E-state index contributed by atoms with van der Waals surface area (Å²) in [5.41, 5.74) is 0.632. The van der Waals surface area contributed by atoms with E-state index >= 15 is 0 Å². The number of halogens is 2. The molecule has 0 amide bonds. The predicted octanol–water partition coefficient (Wildman–Crippen LogP) is 4.79. The van der Waals surface area contributed by atoms with Crippen LogP contribution in [0.15, 0.2) is 75.7 Å². The van der Waals surface area contributed by atoms with Crippen molar-refractivity contribution in [3.05, 3.63) is 86.8 Å². The van der Waals surface area contributed by atoms with Gasteiger partial charge in [0, 0.05) is 8.95 Å². The summed E-state index contributed by atoms with van der Waals surface area (Å²) >= 11 is 6.76. The average Bonchev–Trinajstić information content (AvgIpc) is 3.46. The molecule has 0 aliphatic carbocycles. The molecule has 0 saturated carbocycles. The molecule has 1 aliphatic heterocycles. The molecule has 2 aromatic rings. The van der Waals surface area contributed by atoms with Crippen LogP contribution in [-0.4, -0.2) is 32.3 Å². The molecule has 2 atom stereocenters. The first-order valence-electron chi connectivity index (χ1n) is 8.67. The quantitative estimate of drug-likeness (QED) is 0.236. The van der Waals surface area contributed by atoms with Crippen LogP contribution in [0, 0.1) is 0 Å². The van der Waals surface area contributed by atoms with E-state index in [-0.39, 0.29) is 0 Å². The van der Waals surface area contributed by atoms with Gasteiger partial charge >= 0.3 is 11.9 Å². The van der Waals surface area contributed by atoms with Gasteiger partial charge in [-0.05, 0) is 41.5 Å². The zero-order valence-corrected chi connectivity index (χ0v) is 18.9. The number of epoxide rings is 1. The molecule has 0 bridgehead atoms. The van der Waals surface area contributed by atoms with Crippen molar-refractivity contribution in [2.75, 3.05) is 14.2 Å². The lowest BCUT2D eigenvalue weighted by Gasteiger charge is -2.10. The van der Waals surface area contributed by atoms with E-state index in [1.165, 1.54) is 14.2 Å². The highest BCUT2D eigenvalue weighted by atomic mass is 79.9. The molecule has 0 spiro atoms. The normalized spacial score (nSPS) is 21.1. The first kappa shape index (κ1) is 21.5. The molecule has 3 rings (SSSR count). The number of allylic oxidation sites excluding steroid dienone is 2. The lowest BCUT2D eigenvalue weighted by molar-refractivity contribution is -0.147. The van der Waals surface area contributed by atoms with Crippen molar-refractivity contribution in [3.63, 3.8) is 0 Å². The van der Waals surface area contributed by atoms with Gasteiger partial charge in [0.15, 0.2) is 0 Å². The summed E-state index contributed by atoms with van der Waals surface area (Å²) in [7, 11) is 2.66. The molecule has 5 nitrogen and oxygen atoms in total. The minimum atomic E-state index is -1.18. The lowest BCUT2D eigenvalue weighted by Crippen LogP contribution is -2.26. The average molecular weight is 522 g/mol. The molecular formula is C22H18Br2O5. The SMILES string of the molecule is COC(=O)/C(=C/C=C\[C@@H]1O[C@]1(C(=O)OC)c1ccc(Br)cc1)c1ccc(Br)cc1. The van der Waals surface area contributed by atoms with Crippen LogP contribution >= 0.6 is 31.9 Å². The number of esters is 2. The Labute approximate surface area is 185 Å². The van der Waals surface area contributed by atoms with Gasteiger partial charge in [0.05, 0.1) is 19.8 Å². The van der Waals surface area contributed by atoms with Crippen molar-refractivity contribution in [2.45, 2.75) is 11.7 Å². The summed E-state index contributed by atoms with van der Waals surface area (Å²) in [6.45, 7) is 0. The summed E-state index contributed by atoms with van der Waals surface area (Å²) in [4.78, 5) is 24.6. The molecule has 0 radical (unpaired) electrons. The molecule has 2 aromatic carbocycles. The van der Waals surface area contributed by atoms with E-state index in [9.17, 15) is 9.59 Å². The molecule has 29 heavy (non-hydrogen) atoms. The lowest BCUT2D eigenvalue weighted by atomic mass is 9.95. The second kappa shape index (κ2) is 9.07. The second-order valence-electron chi connectivity index (χ2n) is 6.24. The Bertz CT molecular complexity index is 964. The maximum absolute atomic E-state index is 12.4. The van der Waals surface area contributed by atoms with Gasteiger partial charge < -0.3 is 14.2 Å².